The van der Waals surface area contributed by atoms with Gasteiger partial charge in [0.05, 0.1) is 11.7 Å². The molecule has 1 aliphatic carbocycles. The summed E-state index contributed by atoms with van der Waals surface area (Å²) in [4.78, 5) is 0. The zero-order chi connectivity index (χ0) is 15.1. The van der Waals surface area contributed by atoms with Gasteiger partial charge in [0.25, 0.3) is 0 Å². The van der Waals surface area contributed by atoms with Crippen LogP contribution in [0.2, 0.25) is 0 Å². The molecule has 1 fully saturated rings. The van der Waals surface area contributed by atoms with Crippen molar-refractivity contribution in [2.75, 3.05) is 13.1 Å². The summed E-state index contributed by atoms with van der Waals surface area (Å²) in [6.07, 6.45) is 11.3. The third-order valence-electron chi connectivity index (χ3n) is 4.54. The van der Waals surface area contributed by atoms with Crippen LogP contribution in [0.5, 0.6) is 0 Å². The van der Waals surface area contributed by atoms with Crippen molar-refractivity contribution in [3.05, 3.63) is 18.0 Å². The Bertz CT molecular complexity index is 391. The molecule has 0 amide bonds. The first-order chi connectivity index (χ1) is 10.2. The Balaban J connectivity index is 1.84. The van der Waals surface area contributed by atoms with E-state index in [9.17, 15) is 0 Å². The molecule has 0 spiro atoms. The quantitative estimate of drug-likeness (QED) is 0.739. The van der Waals surface area contributed by atoms with E-state index in [-0.39, 0.29) is 0 Å². The van der Waals surface area contributed by atoms with Crippen LogP contribution in [-0.2, 0) is 6.42 Å². The number of hydrogen-bond donors (Lipinski definition) is 1. The van der Waals surface area contributed by atoms with Crippen LogP contribution in [0.25, 0.3) is 0 Å². The second kappa shape index (κ2) is 8.57. The standard InChI is InChI=1S/C18H33N3/c1-4-7-16(14-19-13-15(2)3)12-17-10-11-21(20-17)18-8-5-6-9-18/h10-11,15-16,18-19H,4-9,12-14H2,1-3H3. The Kier molecular flexibility index (Phi) is 6.75. The summed E-state index contributed by atoms with van der Waals surface area (Å²) in [5.41, 5.74) is 1.28. The fraction of sp³-hybridized carbons (Fsp3) is 0.833. The van der Waals surface area contributed by atoms with E-state index in [1.54, 1.807) is 0 Å². The van der Waals surface area contributed by atoms with Crippen molar-refractivity contribution < 1.29 is 0 Å². The third-order valence-corrected chi connectivity index (χ3v) is 4.54. The van der Waals surface area contributed by atoms with Crippen molar-refractivity contribution >= 4 is 0 Å². The van der Waals surface area contributed by atoms with E-state index in [0.717, 1.165) is 31.3 Å². The average Bonchev–Trinajstić information content (AvgIpc) is 3.08. The van der Waals surface area contributed by atoms with E-state index in [0.29, 0.717) is 6.04 Å². The van der Waals surface area contributed by atoms with Gasteiger partial charge in [-0.25, -0.2) is 0 Å². The van der Waals surface area contributed by atoms with Crippen LogP contribution >= 0.6 is 0 Å². The lowest BCUT2D eigenvalue weighted by molar-refractivity contribution is 0.411. The topological polar surface area (TPSA) is 29.9 Å². The molecule has 0 bridgehead atoms. The fourth-order valence-corrected chi connectivity index (χ4v) is 3.41. The van der Waals surface area contributed by atoms with Crippen LogP contribution in [0.4, 0.5) is 0 Å². The minimum Gasteiger partial charge on any atom is -0.316 e. The molecule has 1 saturated carbocycles. The number of aromatic nitrogens is 2. The lowest BCUT2D eigenvalue weighted by Gasteiger charge is -2.17. The molecule has 0 aliphatic heterocycles. The first-order valence-corrected chi connectivity index (χ1v) is 8.93. The largest absolute Gasteiger partial charge is 0.316 e. The summed E-state index contributed by atoms with van der Waals surface area (Å²) >= 11 is 0. The normalized spacial score (nSPS) is 17.7. The first-order valence-electron chi connectivity index (χ1n) is 8.93. The summed E-state index contributed by atoms with van der Waals surface area (Å²) in [5.74, 6) is 1.45. The minimum absolute atomic E-state index is 0.669. The molecular weight excluding hydrogens is 258 g/mol. The predicted octanol–water partition coefficient (Wildman–Crippen LogP) is 4.20. The summed E-state index contributed by atoms with van der Waals surface area (Å²) in [5, 5.41) is 8.46. The van der Waals surface area contributed by atoms with Crippen molar-refractivity contribution in [2.24, 2.45) is 11.8 Å². The highest BCUT2D eigenvalue weighted by atomic mass is 15.3. The summed E-state index contributed by atoms with van der Waals surface area (Å²) in [6, 6.07) is 2.91. The van der Waals surface area contributed by atoms with Crippen molar-refractivity contribution in [1.29, 1.82) is 0 Å². The van der Waals surface area contributed by atoms with Crippen molar-refractivity contribution in [3.8, 4) is 0 Å². The Morgan fingerprint density at radius 1 is 1.29 bits per heavy atom. The number of nitrogens with one attached hydrogen (secondary N) is 1. The van der Waals surface area contributed by atoms with E-state index in [1.807, 2.05) is 0 Å². The second-order valence-electron chi connectivity index (χ2n) is 7.14. The molecule has 1 aromatic rings. The van der Waals surface area contributed by atoms with Gasteiger partial charge in [0, 0.05) is 6.20 Å². The third kappa shape index (κ3) is 5.46. The monoisotopic (exact) mass is 291 g/mol. The molecule has 1 aliphatic rings. The molecule has 1 unspecified atom stereocenters. The van der Waals surface area contributed by atoms with Crippen LogP contribution < -0.4 is 5.32 Å². The van der Waals surface area contributed by atoms with Gasteiger partial charge >= 0.3 is 0 Å². The summed E-state index contributed by atoms with van der Waals surface area (Å²) < 4.78 is 2.23. The van der Waals surface area contributed by atoms with E-state index in [2.05, 4.69) is 43.0 Å². The number of hydrogen-bond acceptors (Lipinski definition) is 2. The van der Waals surface area contributed by atoms with Crippen LogP contribution in [0.1, 0.15) is 71.0 Å². The van der Waals surface area contributed by atoms with Gasteiger partial charge < -0.3 is 5.32 Å². The Morgan fingerprint density at radius 2 is 2.05 bits per heavy atom. The molecule has 120 valence electrons. The van der Waals surface area contributed by atoms with Crippen LogP contribution in [0.15, 0.2) is 12.3 Å². The maximum Gasteiger partial charge on any atom is 0.0627 e. The molecule has 1 heterocycles. The maximum absolute atomic E-state index is 4.85. The molecule has 3 nitrogen and oxygen atoms in total. The Labute approximate surface area is 130 Å². The Hall–Kier alpha value is -0.830. The fourth-order valence-electron chi connectivity index (χ4n) is 3.41. The number of nitrogens with zero attached hydrogens (tertiary/aromatic N) is 2. The van der Waals surface area contributed by atoms with Gasteiger partial charge in [-0.3, -0.25) is 4.68 Å². The van der Waals surface area contributed by atoms with Gasteiger partial charge in [0.15, 0.2) is 0 Å². The molecular formula is C18H33N3. The van der Waals surface area contributed by atoms with Crippen molar-refractivity contribution in [1.82, 2.24) is 15.1 Å². The molecule has 0 saturated heterocycles. The highest BCUT2D eigenvalue weighted by molar-refractivity contribution is 5.01. The summed E-state index contributed by atoms with van der Waals surface area (Å²) in [6.45, 7) is 9.07. The van der Waals surface area contributed by atoms with Gasteiger partial charge in [-0.2, -0.15) is 5.10 Å². The second-order valence-corrected chi connectivity index (χ2v) is 7.14. The van der Waals surface area contributed by atoms with E-state index in [1.165, 1.54) is 44.2 Å². The van der Waals surface area contributed by atoms with E-state index < -0.39 is 0 Å². The molecule has 21 heavy (non-hydrogen) atoms. The van der Waals surface area contributed by atoms with Gasteiger partial charge in [0.1, 0.15) is 0 Å². The molecule has 0 aromatic carbocycles. The Morgan fingerprint density at radius 3 is 2.71 bits per heavy atom. The first kappa shape index (κ1) is 16.5. The zero-order valence-electron chi connectivity index (χ0n) is 14.1. The van der Waals surface area contributed by atoms with Gasteiger partial charge in [-0.1, -0.05) is 40.0 Å². The SMILES string of the molecule is CCCC(CNCC(C)C)Cc1ccn(C2CCCC2)n1. The van der Waals surface area contributed by atoms with Gasteiger partial charge in [-0.15, -0.1) is 0 Å². The molecule has 3 heteroatoms. The minimum atomic E-state index is 0.669. The smallest absolute Gasteiger partial charge is 0.0627 e. The lowest BCUT2D eigenvalue weighted by Crippen LogP contribution is -2.27. The lowest BCUT2D eigenvalue weighted by atomic mass is 9.98. The highest BCUT2D eigenvalue weighted by Gasteiger charge is 2.18. The zero-order valence-corrected chi connectivity index (χ0v) is 14.1. The van der Waals surface area contributed by atoms with E-state index >= 15 is 0 Å². The molecule has 2 rings (SSSR count). The van der Waals surface area contributed by atoms with Crippen LogP contribution in [0, 0.1) is 11.8 Å². The van der Waals surface area contributed by atoms with Crippen LogP contribution in [-0.4, -0.2) is 22.9 Å². The highest BCUT2D eigenvalue weighted by Crippen LogP contribution is 2.29. The van der Waals surface area contributed by atoms with Gasteiger partial charge in [0.2, 0.25) is 0 Å². The molecule has 0 radical (unpaired) electrons. The predicted molar refractivity (Wildman–Crippen MR) is 89.5 cm³/mol. The molecule has 1 N–H and O–H groups in total. The summed E-state index contributed by atoms with van der Waals surface area (Å²) in [7, 11) is 0. The van der Waals surface area contributed by atoms with Crippen molar-refractivity contribution in [2.45, 2.75) is 71.8 Å². The molecule has 1 aromatic heterocycles. The average molecular weight is 291 g/mol. The van der Waals surface area contributed by atoms with Crippen LogP contribution in [0.3, 0.4) is 0 Å². The molecule has 1 atom stereocenters. The number of rotatable bonds is 9. The van der Waals surface area contributed by atoms with Crippen molar-refractivity contribution in [3.63, 3.8) is 0 Å². The maximum atomic E-state index is 4.85. The van der Waals surface area contributed by atoms with Gasteiger partial charge in [-0.05, 0) is 56.7 Å². The van der Waals surface area contributed by atoms with E-state index in [4.69, 9.17) is 5.10 Å².